The fourth-order valence-electron chi connectivity index (χ4n) is 2.62. The molecule has 4 aromatic rings. The molecule has 2 radical (unpaired) electrons. The number of halogens is 2. The molecule has 1 aliphatic carbocycles. The molecule has 0 nitrogen and oxygen atoms in total. The van der Waals surface area contributed by atoms with Gasteiger partial charge in [0.05, 0.1) is 0 Å². The largest absolute Gasteiger partial charge is 4.00 e. The summed E-state index contributed by atoms with van der Waals surface area (Å²) in [5.74, 6) is 0. The van der Waals surface area contributed by atoms with E-state index in [4.69, 9.17) is 0 Å². The maximum Gasteiger partial charge on any atom is 4.00 e. The summed E-state index contributed by atoms with van der Waals surface area (Å²) in [6.45, 7) is 0. The zero-order valence-corrected chi connectivity index (χ0v) is 21.5. The second kappa shape index (κ2) is 17.1. The van der Waals surface area contributed by atoms with E-state index in [1.165, 1.54) is 21.1 Å². The van der Waals surface area contributed by atoms with Gasteiger partial charge in [-0.15, -0.1) is 36.1 Å². The molecular formula is C26H22Cl2SiZr. The summed E-state index contributed by atoms with van der Waals surface area (Å²) in [6, 6.07) is 35.8. The minimum atomic E-state index is 0. The normalized spacial score (nSPS) is 10.3. The topological polar surface area (TPSA) is 0 Å². The molecule has 0 spiro atoms. The Morgan fingerprint density at radius 2 is 1.27 bits per heavy atom. The van der Waals surface area contributed by atoms with Crippen molar-refractivity contribution >= 4 is 30.7 Å². The van der Waals surface area contributed by atoms with Crippen LogP contribution in [0.15, 0.2) is 121 Å². The maximum atomic E-state index is 2.99. The molecule has 5 rings (SSSR count). The summed E-state index contributed by atoms with van der Waals surface area (Å²) >= 11 is 0. The van der Waals surface area contributed by atoms with Gasteiger partial charge < -0.3 is 24.8 Å². The van der Waals surface area contributed by atoms with Gasteiger partial charge in [0.15, 0.2) is 0 Å². The average molecular weight is 525 g/mol. The quantitative estimate of drug-likeness (QED) is 0.238. The van der Waals surface area contributed by atoms with Crippen LogP contribution >= 0.6 is 0 Å². The zero-order chi connectivity index (χ0) is 18.6. The molecule has 1 aliphatic rings. The molecule has 4 aromatic carbocycles. The van der Waals surface area contributed by atoms with E-state index in [-0.39, 0.29) is 51.0 Å². The zero-order valence-electron chi connectivity index (χ0n) is 16.5. The molecule has 30 heavy (non-hydrogen) atoms. The Labute approximate surface area is 214 Å². The van der Waals surface area contributed by atoms with Crippen molar-refractivity contribution in [1.82, 2.24) is 0 Å². The van der Waals surface area contributed by atoms with Crippen LogP contribution in [-0.2, 0) is 26.2 Å². The first-order chi connectivity index (χ1) is 13.4. The van der Waals surface area contributed by atoms with Gasteiger partial charge in [0, 0.05) is 0 Å². The van der Waals surface area contributed by atoms with Crippen LogP contribution in [0.5, 0.6) is 0 Å². The third kappa shape index (κ3) is 10.5. The molecule has 0 saturated carbocycles. The summed E-state index contributed by atoms with van der Waals surface area (Å²) in [5.41, 5.74) is 0. The van der Waals surface area contributed by atoms with Gasteiger partial charge in [-0.05, 0) is 0 Å². The maximum absolute atomic E-state index is 2.99. The van der Waals surface area contributed by atoms with Gasteiger partial charge in [0.2, 0.25) is 0 Å². The van der Waals surface area contributed by atoms with Gasteiger partial charge >= 0.3 is 26.2 Å². The van der Waals surface area contributed by atoms with Crippen LogP contribution in [0.2, 0.25) is 0 Å². The van der Waals surface area contributed by atoms with Gasteiger partial charge in [-0.2, -0.15) is 23.6 Å². The number of benzene rings is 3. The van der Waals surface area contributed by atoms with Crippen molar-refractivity contribution < 1.29 is 51.0 Å². The first kappa shape index (κ1) is 28.4. The molecule has 0 bridgehead atoms. The summed E-state index contributed by atoms with van der Waals surface area (Å²) in [7, 11) is 0.777. The van der Waals surface area contributed by atoms with Crippen LogP contribution < -0.4 is 35.2 Å². The van der Waals surface area contributed by atoms with E-state index >= 15 is 0 Å². The molecule has 0 N–H and O–H groups in total. The first-order valence-electron chi connectivity index (χ1n) is 9.11. The van der Waals surface area contributed by atoms with Crippen LogP contribution in [0, 0.1) is 6.08 Å². The first-order valence-corrected chi connectivity index (χ1v) is 10.1. The van der Waals surface area contributed by atoms with E-state index in [1.54, 1.807) is 0 Å². The van der Waals surface area contributed by atoms with Crippen molar-refractivity contribution in [2.45, 2.75) is 6.42 Å². The van der Waals surface area contributed by atoms with Crippen LogP contribution in [0.25, 0.3) is 10.8 Å². The van der Waals surface area contributed by atoms with Gasteiger partial charge in [-0.1, -0.05) is 77.1 Å². The van der Waals surface area contributed by atoms with Gasteiger partial charge in [-0.25, -0.2) is 12.2 Å². The van der Waals surface area contributed by atoms with Crippen LogP contribution in [-0.4, -0.2) is 9.52 Å². The summed E-state index contributed by atoms with van der Waals surface area (Å²) < 4.78 is 0. The second-order valence-electron chi connectivity index (χ2n) is 6.01. The van der Waals surface area contributed by atoms with Crippen LogP contribution in [0.4, 0.5) is 0 Å². The molecule has 0 heterocycles. The molecule has 0 aromatic heterocycles. The van der Waals surface area contributed by atoms with Crippen molar-refractivity contribution in [2.24, 2.45) is 0 Å². The molecule has 0 saturated heterocycles. The Bertz CT molecular complexity index is 902. The van der Waals surface area contributed by atoms with Gasteiger partial charge in [0.1, 0.15) is 9.52 Å². The van der Waals surface area contributed by atoms with Gasteiger partial charge in [0.25, 0.3) is 0 Å². The van der Waals surface area contributed by atoms with Crippen molar-refractivity contribution in [3.63, 3.8) is 0 Å². The van der Waals surface area contributed by atoms with Crippen molar-refractivity contribution in [1.29, 1.82) is 0 Å². The Morgan fingerprint density at radius 3 is 1.73 bits per heavy atom. The van der Waals surface area contributed by atoms with Crippen molar-refractivity contribution in [2.75, 3.05) is 0 Å². The van der Waals surface area contributed by atoms with E-state index in [0.717, 1.165) is 15.9 Å². The number of hydrogen-bond donors (Lipinski definition) is 0. The summed E-state index contributed by atoms with van der Waals surface area (Å²) in [4.78, 5) is 0. The fourth-order valence-corrected chi connectivity index (χ4v) is 3.67. The Balaban J connectivity index is 0.000000435. The van der Waals surface area contributed by atoms with Crippen LogP contribution in [0.3, 0.4) is 0 Å². The second-order valence-corrected chi connectivity index (χ2v) is 7.42. The Kier molecular flexibility index (Phi) is 16.2. The molecule has 0 amide bonds. The fraction of sp³-hybridized carbons (Fsp3) is 0.0385. The molecule has 0 unspecified atom stereocenters. The van der Waals surface area contributed by atoms with E-state index in [0.29, 0.717) is 0 Å². The summed E-state index contributed by atoms with van der Waals surface area (Å²) in [6.07, 6.45) is 10.0. The molecule has 148 valence electrons. The SMILES string of the molecule is [C-]1=CC=CC1.[Cl-].[Cl-].[Zr+4].c1ccc([Si]c2ccccc2)cc1.c1ccc2[cH-]ccc2c1. The minimum Gasteiger partial charge on any atom is -1.00 e. The van der Waals surface area contributed by atoms with Crippen molar-refractivity contribution in [3.8, 4) is 0 Å². The van der Waals surface area contributed by atoms with E-state index < -0.39 is 0 Å². The third-order valence-electron chi connectivity index (χ3n) is 3.97. The third-order valence-corrected chi connectivity index (χ3v) is 5.21. The van der Waals surface area contributed by atoms with Crippen molar-refractivity contribution in [3.05, 3.63) is 127 Å². The number of fused-ring (bicyclic) bond motifs is 1. The van der Waals surface area contributed by atoms with E-state index in [2.05, 4.69) is 115 Å². The van der Waals surface area contributed by atoms with E-state index in [1.807, 2.05) is 12.2 Å². The number of rotatable bonds is 2. The summed E-state index contributed by atoms with van der Waals surface area (Å²) in [5, 5.41) is 5.46. The minimum absolute atomic E-state index is 0. The molecule has 0 atom stereocenters. The molecular weight excluding hydrogens is 503 g/mol. The predicted octanol–water partition coefficient (Wildman–Crippen LogP) is -0.789. The predicted molar refractivity (Wildman–Crippen MR) is 119 cm³/mol. The number of allylic oxidation sites excluding steroid dienone is 4. The van der Waals surface area contributed by atoms with Gasteiger partial charge in [-0.3, -0.25) is 6.08 Å². The standard InChI is InChI=1S/C12H10Si.C9H7.C5H5.2ClH.Zr/c1-3-7-11(8-4-1)13-12-9-5-2-6-10-12;1-2-5-9-7-3-6-8(9)4-1;1-2-4-5-3-1;;;/h1-10H;1-7H;1-3H,4H2;2*1H;/q;2*-1;;;+4/p-2. The Morgan fingerprint density at radius 1 is 0.700 bits per heavy atom. The number of hydrogen-bond acceptors (Lipinski definition) is 0. The monoisotopic (exact) mass is 522 g/mol. The van der Waals surface area contributed by atoms with Crippen LogP contribution in [0.1, 0.15) is 6.42 Å². The molecule has 0 fully saturated rings. The Hall–Kier alpha value is -1.57. The molecule has 0 aliphatic heterocycles. The van der Waals surface area contributed by atoms with E-state index in [9.17, 15) is 0 Å². The smallest absolute Gasteiger partial charge is 1.00 e. The average Bonchev–Trinajstić information content (AvgIpc) is 3.45. The molecule has 4 heteroatoms.